The molecule has 59 heavy (non-hydrogen) atoms. The standard InChI is InChI=1S/C57H39NO/c1-38-19-36-55-57(52-17-9-10-18-54(52)59-55)56(38)44-28-34-48(35-29-44)58(46-30-24-42(25-31-46)41-22-20-40(21-23-41)39-11-3-2-4-12-39)47-32-26-43(27-33-47)53-37-45-13-5-6-14-49(45)50-15-7-8-16-51(50)53/h2-37H,1H3. The summed E-state index contributed by atoms with van der Waals surface area (Å²) in [5.41, 5.74) is 15.9. The number of hydrogen-bond acceptors (Lipinski definition) is 2. The number of furan rings is 1. The van der Waals surface area contributed by atoms with Gasteiger partial charge in [0.15, 0.2) is 0 Å². The maximum Gasteiger partial charge on any atom is 0.136 e. The van der Waals surface area contributed by atoms with Gasteiger partial charge in [-0.15, -0.1) is 0 Å². The number of nitrogens with zero attached hydrogens (tertiary/aromatic N) is 1. The van der Waals surface area contributed by atoms with Crippen LogP contribution in [0, 0.1) is 6.92 Å². The topological polar surface area (TPSA) is 16.4 Å². The molecule has 0 aliphatic carbocycles. The van der Waals surface area contributed by atoms with Crippen molar-refractivity contribution in [3.63, 3.8) is 0 Å². The minimum absolute atomic E-state index is 0.909. The molecule has 1 aromatic heterocycles. The molecule has 11 rings (SSSR count). The molecule has 0 atom stereocenters. The van der Waals surface area contributed by atoms with Gasteiger partial charge in [-0.3, -0.25) is 0 Å². The number of rotatable bonds is 7. The largest absolute Gasteiger partial charge is 0.456 e. The smallest absolute Gasteiger partial charge is 0.136 e. The number of hydrogen-bond donors (Lipinski definition) is 0. The fourth-order valence-corrected chi connectivity index (χ4v) is 8.89. The van der Waals surface area contributed by atoms with Crippen LogP contribution in [-0.2, 0) is 0 Å². The lowest BCUT2D eigenvalue weighted by atomic mass is 9.93. The molecule has 0 amide bonds. The van der Waals surface area contributed by atoms with Crippen molar-refractivity contribution in [1.29, 1.82) is 0 Å². The van der Waals surface area contributed by atoms with Gasteiger partial charge in [-0.25, -0.2) is 0 Å². The van der Waals surface area contributed by atoms with Crippen molar-refractivity contribution in [1.82, 2.24) is 0 Å². The molecule has 0 saturated carbocycles. The van der Waals surface area contributed by atoms with Crippen LogP contribution >= 0.6 is 0 Å². The molecule has 11 aromatic rings. The minimum atomic E-state index is 0.909. The molecular formula is C57H39NO. The highest BCUT2D eigenvalue weighted by molar-refractivity contribution is 6.14. The van der Waals surface area contributed by atoms with Gasteiger partial charge in [-0.1, -0.05) is 164 Å². The normalized spacial score (nSPS) is 11.5. The summed E-state index contributed by atoms with van der Waals surface area (Å²) in [5.74, 6) is 0. The van der Waals surface area contributed by atoms with Crippen LogP contribution in [0.25, 0.3) is 88.0 Å². The van der Waals surface area contributed by atoms with Crippen LogP contribution in [0.1, 0.15) is 5.56 Å². The second kappa shape index (κ2) is 14.4. The van der Waals surface area contributed by atoms with E-state index in [1.165, 1.54) is 66.1 Å². The number of benzene rings is 10. The average Bonchev–Trinajstić information content (AvgIpc) is 3.69. The van der Waals surface area contributed by atoms with Crippen molar-refractivity contribution in [3.8, 4) is 44.5 Å². The molecule has 0 fully saturated rings. The molecule has 0 spiro atoms. The number of fused-ring (bicyclic) bond motifs is 6. The summed E-state index contributed by atoms with van der Waals surface area (Å²) in [5, 5.41) is 7.36. The van der Waals surface area contributed by atoms with Crippen molar-refractivity contribution < 1.29 is 4.42 Å². The summed E-state index contributed by atoms with van der Waals surface area (Å²) in [6.45, 7) is 2.19. The summed E-state index contributed by atoms with van der Waals surface area (Å²) in [6.07, 6.45) is 0. The van der Waals surface area contributed by atoms with Crippen LogP contribution in [0.3, 0.4) is 0 Å². The van der Waals surface area contributed by atoms with Gasteiger partial charge < -0.3 is 9.32 Å². The Morgan fingerprint density at radius 2 is 0.814 bits per heavy atom. The molecule has 278 valence electrons. The van der Waals surface area contributed by atoms with Crippen molar-refractivity contribution in [2.24, 2.45) is 0 Å². The third kappa shape index (κ3) is 6.14. The highest BCUT2D eigenvalue weighted by Gasteiger charge is 2.18. The first-order valence-electron chi connectivity index (χ1n) is 20.2. The van der Waals surface area contributed by atoms with E-state index in [9.17, 15) is 0 Å². The zero-order valence-electron chi connectivity index (χ0n) is 32.6. The molecule has 0 unspecified atom stereocenters. The van der Waals surface area contributed by atoms with Crippen molar-refractivity contribution in [2.75, 3.05) is 4.90 Å². The maximum absolute atomic E-state index is 6.29. The first-order valence-corrected chi connectivity index (χ1v) is 20.2. The summed E-state index contributed by atoms with van der Waals surface area (Å²) in [4.78, 5) is 2.36. The van der Waals surface area contributed by atoms with E-state index in [0.29, 0.717) is 0 Å². The summed E-state index contributed by atoms with van der Waals surface area (Å²) in [7, 11) is 0. The third-order valence-corrected chi connectivity index (χ3v) is 11.8. The van der Waals surface area contributed by atoms with Crippen LogP contribution in [0.5, 0.6) is 0 Å². The highest BCUT2D eigenvalue weighted by Crippen LogP contribution is 2.42. The van der Waals surface area contributed by atoms with Gasteiger partial charge in [0.05, 0.1) is 0 Å². The molecule has 2 nitrogen and oxygen atoms in total. The van der Waals surface area contributed by atoms with Gasteiger partial charge in [0.1, 0.15) is 11.2 Å². The van der Waals surface area contributed by atoms with Gasteiger partial charge in [0, 0.05) is 27.8 Å². The molecule has 1 heterocycles. The van der Waals surface area contributed by atoms with Gasteiger partial charge >= 0.3 is 0 Å². The first-order chi connectivity index (χ1) is 29.2. The van der Waals surface area contributed by atoms with E-state index in [1.54, 1.807) is 0 Å². The van der Waals surface area contributed by atoms with Crippen LogP contribution < -0.4 is 4.90 Å². The van der Waals surface area contributed by atoms with Crippen LogP contribution in [0.4, 0.5) is 17.1 Å². The predicted octanol–water partition coefficient (Wildman–Crippen LogP) is 16.3. The summed E-state index contributed by atoms with van der Waals surface area (Å²) < 4.78 is 6.29. The third-order valence-electron chi connectivity index (χ3n) is 11.8. The lowest BCUT2D eigenvalue weighted by Gasteiger charge is -2.26. The molecule has 0 aliphatic heterocycles. The Kier molecular flexibility index (Phi) is 8.41. The average molecular weight is 754 g/mol. The Hall–Kier alpha value is -7.68. The van der Waals surface area contributed by atoms with E-state index in [0.717, 1.165) is 44.6 Å². The molecule has 0 saturated heterocycles. The Bertz CT molecular complexity index is 3290. The molecule has 10 aromatic carbocycles. The first kappa shape index (κ1) is 34.6. The SMILES string of the molecule is Cc1ccc2oc3ccccc3c2c1-c1ccc(N(c2ccc(-c3ccc(-c4ccccc4)cc3)cc2)c2ccc(-c3cc4ccccc4c4ccccc34)cc2)cc1. The van der Waals surface area contributed by atoms with E-state index < -0.39 is 0 Å². The van der Waals surface area contributed by atoms with Gasteiger partial charge in [-0.05, 0) is 133 Å². The van der Waals surface area contributed by atoms with Crippen molar-refractivity contribution in [2.45, 2.75) is 6.92 Å². The molecule has 2 heteroatoms. The van der Waals surface area contributed by atoms with Crippen molar-refractivity contribution >= 4 is 60.5 Å². The van der Waals surface area contributed by atoms with Crippen LogP contribution in [0.2, 0.25) is 0 Å². The van der Waals surface area contributed by atoms with Crippen LogP contribution in [-0.4, -0.2) is 0 Å². The van der Waals surface area contributed by atoms with E-state index >= 15 is 0 Å². The molecule has 0 N–H and O–H groups in total. The van der Waals surface area contributed by atoms with E-state index in [-0.39, 0.29) is 0 Å². The Balaban J connectivity index is 0.996. The monoisotopic (exact) mass is 753 g/mol. The zero-order chi connectivity index (χ0) is 39.3. The highest BCUT2D eigenvalue weighted by atomic mass is 16.3. The molecule has 0 bridgehead atoms. The fourth-order valence-electron chi connectivity index (χ4n) is 8.89. The number of para-hydroxylation sites is 1. The Morgan fingerprint density at radius 1 is 0.339 bits per heavy atom. The zero-order valence-corrected chi connectivity index (χ0v) is 32.6. The minimum Gasteiger partial charge on any atom is -0.456 e. The lowest BCUT2D eigenvalue weighted by Crippen LogP contribution is -2.09. The number of aryl methyl sites for hydroxylation is 1. The number of anilines is 3. The van der Waals surface area contributed by atoms with E-state index in [1.807, 2.05) is 12.1 Å². The quantitative estimate of drug-likeness (QED) is 0.151. The van der Waals surface area contributed by atoms with E-state index in [4.69, 9.17) is 4.42 Å². The maximum atomic E-state index is 6.29. The van der Waals surface area contributed by atoms with Gasteiger partial charge in [-0.2, -0.15) is 0 Å². The van der Waals surface area contributed by atoms with E-state index in [2.05, 4.69) is 218 Å². The lowest BCUT2D eigenvalue weighted by molar-refractivity contribution is 0.669. The summed E-state index contributed by atoms with van der Waals surface area (Å²) >= 11 is 0. The molecule has 0 radical (unpaired) electrons. The predicted molar refractivity (Wildman–Crippen MR) is 250 cm³/mol. The fraction of sp³-hybridized carbons (Fsp3) is 0.0175. The second-order valence-corrected chi connectivity index (χ2v) is 15.3. The molecule has 0 aliphatic rings. The Labute approximate surface area is 343 Å². The Morgan fingerprint density at radius 3 is 1.46 bits per heavy atom. The van der Waals surface area contributed by atoms with Gasteiger partial charge in [0.2, 0.25) is 0 Å². The second-order valence-electron chi connectivity index (χ2n) is 15.3. The van der Waals surface area contributed by atoms with Crippen molar-refractivity contribution in [3.05, 3.63) is 224 Å². The van der Waals surface area contributed by atoms with Crippen LogP contribution in [0.15, 0.2) is 223 Å². The van der Waals surface area contributed by atoms with Gasteiger partial charge in [0.25, 0.3) is 0 Å². The molecular weight excluding hydrogens is 715 g/mol. The summed E-state index contributed by atoms with van der Waals surface area (Å²) in [6, 6.07) is 78.7.